The summed E-state index contributed by atoms with van der Waals surface area (Å²) in [6.07, 6.45) is 4.79. The monoisotopic (exact) mass is 320 g/mol. The van der Waals surface area contributed by atoms with E-state index in [9.17, 15) is 9.18 Å². The van der Waals surface area contributed by atoms with Crippen molar-refractivity contribution in [1.29, 1.82) is 0 Å². The van der Waals surface area contributed by atoms with Crippen LogP contribution in [0, 0.1) is 6.92 Å². The molecule has 0 aromatic carbocycles. The van der Waals surface area contributed by atoms with E-state index < -0.39 is 6.17 Å². The van der Waals surface area contributed by atoms with Gasteiger partial charge in [-0.2, -0.15) is 5.10 Å². The lowest BCUT2D eigenvalue weighted by Gasteiger charge is -2.23. The maximum absolute atomic E-state index is 13.8. The lowest BCUT2D eigenvalue weighted by Crippen LogP contribution is -2.39. The van der Waals surface area contributed by atoms with Crippen molar-refractivity contribution in [2.75, 3.05) is 13.1 Å². The highest BCUT2D eigenvalue weighted by molar-refractivity contribution is 5.92. The van der Waals surface area contributed by atoms with E-state index in [0.717, 1.165) is 5.56 Å². The molecule has 0 aliphatic carbocycles. The van der Waals surface area contributed by atoms with Gasteiger partial charge in [0.25, 0.3) is 5.91 Å². The standard InChI is InChI=1S/C15H21FN6O/c1-10-17-6-14(20-10)15(23)18-5-13-3-12(16)9-22(13)8-11-4-19-21(2)7-11/h4,6-7,12-13H,3,5,8-9H2,1-2H3,(H,17,20)(H,18,23)/t12-,13-/m0/s1. The number of carbonyl (C=O) groups is 1. The third-order valence-corrected chi connectivity index (χ3v) is 4.07. The van der Waals surface area contributed by atoms with Crippen LogP contribution >= 0.6 is 0 Å². The van der Waals surface area contributed by atoms with E-state index in [2.05, 4.69) is 25.3 Å². The van der Waals surface area contributed by atoms with E-state index in [1.54, 1.807) is 17.8 Å². The molecule has 7 nitrogen and oxygen atoms in total. The van der Waals surface area contributed by atoms with Crippen LogP contribution in [0.15, 0.2) is 18.6 Å². The molecular formula is C15H21FN6O. The highest BCUT2D eigenvalue weighted by Crippen LogP contribution is 2.22. The number of hydrogen-bond donors (Lipinski definition) is 2. The number of alkyl halides is 1. The van der Waals surface area contributed by atoms with Crippen molar-refractivity contribution in [3.63, 3.8) is 0 Å². The fourth-order valence-electron chi connectivity index (χ4n) is 2.96. The Morgan fingerprint density at radius 3 is 3.00 bits per heavy atom. The Balaban J connectivity index is 1.57. The maximum atomic E-state index is 13.8. The Morgan fingerprint density at radius 1 is 1.52 bits per heavy atom. The van der Waals surface area contributed by atoms with Crippen molar-refractivity contribution in [2.24, 2.45) is 7.05 Å². The summed E-state index contributed by atoms with van der Waals surface area (Å²) in [7, 11) is 1.86. The predicted octanol–water partition coefficient (Wildman–Crippen LogP) is 0.794. The van der Waals surface area contributed by atoms with Crippen LogP contribution in [0.2, 0.25) is 0 Å². The predicted molar refractivity (Wildman–Crippen MR) is 82.6 cm³/mol. The number of halogens is 1. The summed E-state index contributed by atoms with van der Waals surface area (Å²) < 4.78 is 15.5. The molecule has 0 saturated carbocycles. The first-order valence-corrected chi connectivity index (χ1v) is 7.66. The molecule has 1 aliphatic heterocycles. The molecule has 2 N–H and O–H groups in total. The molecule has 23 heavy (non-hydrogen) atoms. The molecule has 8 heteroatoms. The maximum Gasteiger partial charge on any atom is 0.269 e. The van der Waals surface area contributed by atoms with Gasteiger partial charge in [-0.15, -0.1) is 0 Å². The van der Waals surface area contributed by atoms with Crippen LogP contribution in [0.4, 0.5) is 4.39 Å². The van der Waals surface area contributed by atoms with Crippen LogP contribution in [0.3, 0.4) is 0 Å². The zero-order valence-electron chi connectivity index (χ0n) is 13.3. The molecule has 0 unspecified atom stereocenters. The van der Waals surface area contributed by atoms with Crippen LogP contribution in [0.5, 0.6) is 0 Å². The average Bonchev–Trinajstić information content (AvgIpc) is 3.19. The van der Waals surface area contributed by atoms with E-state index in [1.165, 1.54) is 6.20 Å². The number of H-pyrrole nitrogens is 1. The summed E-state index contributed by atoms with van der Waals surface area (Å²) in [5.74, 6) is 0.479. The van der Waals surface area contributed by atoms with Gasteiger partial charge >= 0.3 is 0 Å². The largest absolute Gasteiger partial charge is 0.349 e. The molecule has 2 atom stereocenters. The molecule has 0 radical (unpaired) electrons. The molecule has 1 aliphatic rings. The molecule has 124 valence electrons. The molecule has 1 fully saturated rings. The lowest BCUT2D eigenvalue weighted by molar-refractivity contribution is 0.0935. The summed E-state index contributed by atoms with van der Waals surface area (Å²) in [5, 5.41) is 6.99. The minimum absolute atomic E-state index is 0.0156. The first-order valence-electron chi connectivity index (χ1n) is 7.66. The molecule has 3 rings (SSSR count). The third-order valence-electron chi connectivity index (χ3n) is 4.07. The second kappa shape index (κ2) is 6.49. The topological polar surface area (TPSA) is 78.8 Å². The van der Waals surface area contributed by atoms with E-state index >= 15 is 0 Å². The molecule has 0 spiro atoms. The van der Waals surface area contributed by atoms with Gasteiger partial charge in [-0.05, 0) is 13.3 Å². The van der Waals surface area contributed by atoms with Gasteiger partial charge in [0.1, 0.15) is 17.7 Å². The zero-order chi connectivity index (χ0) is 16.4. The Labute approximate surface area is 133 Å². The number of rotatable bonds is 5. The van der Waals surface area contributed by atoms with Crippen LogP contribution < -0.4 is 5.32 Å². The second-order valence-electron chi connectivity index (χ2n) is 6.03. The normalized spacial score (nSPS) is 21.7. The molecule has 1 saturated heterocycles. The van der Waals surface area contributed by atoms with Crippen LogP contribution in [0.25, 0.3) is 0 Å². The molecule has 1 amide bonds. The zero-order valence-corrected chi connectivity index (χ0v) is 13.3. The highest BCUT2D eigenvalue weighted by Gasteiger charge is 2.32. The Hall–Kier alpha value is -2.22. The summed E-state index contributed by atoms with van der Waals surface area (Å²) in [5.41, 5.74) is 1.47. The second-order valence-corrected chi connectivity index (χ2v) is 6.03. The highest BCUT2D eigenvalue weighted by atomic mass is 19.1. The number of nitrogens with zero attached hydrogens (tertiary/aromatic N) is 4. The van der Waals surface area contributed by atoms with Crippen molar-refractivity contribution in [3.05, 3.63) is 35.7 Å². The summed E-state index contributed by atoms with van der Waals surface area (Å²) >= 11 is 0. The smallest absolute Gasteiger partial charge is 0.269 e. The minimum atomic E-state index is -0.858. The van der Waals surface area contributed by atoms with Gasteiger partial charge in [0.15, 0.2) is 0 Å². The molecule has 2 aromatic rings. The lowest BCUT2D eigenvalue weighted by atomic mass is 10.2. The molecular weight excluding hydrogens is 299 g/mol. The van der Waals surface area contributed by atoms with Crippen molar-refractivity contribution < 1.29 is 9.18 Å². The van der Waals surface area contributed by atoms with Crippen molar-refractivity contribution in [2.45, 2.75) is 32.1 Å². The fraction of sp³-hybridized carbons (Fsp3) is 0.533. The Bertz CT molecular complexity index is 681. The van der Waals surface area contributed by atoms with E-state index in [4.69, 9.17) is 0 Å². The summed E-state index contributed by atoms with van der Waals surface area (Å²) in [6, 6.07) is -0.0156. The van der Waals surface area contributed by atoms with E-state index in [-0.39, 0.29) is 11.9 Å². The van der Waals surface area contributed by atoms with Crippen molar-refractivity contribution in [3.8, 4) is 0 Å². The fourth-order valence-corrected chi connectivity index (χ4v) is 2.96. The first-order chi connectivity index (χ1) is 11.0. The van der Waals surface area contributed by atoms with Crippen molar-refractivity contribution >= 4 is 5.91 Å². The van der Waals surface area contributed by atoms with Crippen LogP contribution in [-0.4, -0.2) is 55.9 Å². The van der Waals surface area contributed by atoms with Gasteiger partial charge in [-0.25, -0.2) is 9.37 Å². The Morgan fingerprint density at radius 2 is 2.35 bits per heavy atom. The van der Waals surface area contributed by atoms with Crippen LogP contribution in [0.1, 0.15) is 28.3 Å². The van der Waals surface area contributed by atoms with Gasteiger partial charge in [-0.3, -0.25) is 14.4 Å². The number of aromatic nitrogens is 4. The number of likely N-dealkylation sites (tertiary alicyclic amines) is 1. The number of aryl methyl sites for hydroxylation is 2. The number of imidazole rings is 1. The average molecular weight is 320 g/mol. The molecule has 0 bridgehead atoms. The first kappa shape index (κ1) is 15.7. The summed E-state index contributed by atoms with van der Waals surface area (Å²) in [6.45, 7) is 3.23. The van der Waals surface area contributed by atoms with Gasteiger partial charge in [0.05, 0.1) is 12.4 Å². The number of aromatic amines is 1. The summed E-state index contributed by atoms with van der Waals surface area (Å²) in [4.78, 5) is 21.0. The number of amides is 1. The number of carbonyl (C=O) groups excluding carboxylic acids is 1. The van der Waals surface area contributed by atoms with Gasteiger partial charge in [-0.1, -0.05) is 0 Å². The molecule has 3 heterocycles. The van der Waals surface area contributed by atoms with Gasteiger partial charge in [0.2, 0.25) is 0 Å². The van der Waals surface area contributed by atoms with Gasteiger partial charge < -0.3 is 10.3 Å². The number of nitrogens with one attached hydrogen (secondary N) is 2. The third kappa shape index (κ3) is 3.76. The van der Waals surface area contributed by atoms with E-state index in [1.807, 2.05) is 13.2 Å². The van der Waals surface area contributed by atoms with Gasteiger partial charge in [0, 0.05) is 44.5 Å². The van der Waals surface area contributed by atoms with E-state index in [0.29, 0.717) is 37.6 Å². The SMILES string of the molecule is Cc1ncc(C(=O)NC[C@@H]2C[C@H](F)CN2Cc2cnn(C)c2)[nH]1. The quantitative estimate of drug-likeness (QED) is 0.854. The van der Waals surface area contributed by atoms with Crippen LogP contribution in [-0.2, 0) is 13.6 Å². The minimum Gasteiger partial charge on any atom is -0.349 e. The van der Waals surface area contributed by atoms with Crippen molar-refractivity contribution in [1.82, 2.24) is 30.0 Å². The molecule has 2 aromatic heterocycles. The number of hydrogen-bond acceptors (Lipinski definition) is 4. The Kier molecular flexibility index (Phi) is 4.42.